The van der Waals surface area contributed by atoms with Gasteiger partial charge >= 0.3 is 0 Å². The van der Waals surface area contributed by atoms with Gasteiger partial charge in [-0.05, 0) is 56.1 Å². The van der Waals surface area contributed by atoms with E-state index in [1.165, 1.54) is 42.4 Å². The number of hydrogen-bond donors (Lipinski definition) is 2. The molecule has 0 bridgehead atoms. The number of nitrogens with zero attached hydrogens (tertiary/aromatic N) is 1. The van der Waals surface area contributed by atoms with Crippen molar-refractivity contribution in [3.05, 3.63) is 65.2 Å². The molecule has 0 aromatic heterocycles. The average Bonchev–Trinajstić information content (AvgIpc) is 2.95. The summed E-state index contributed by atoms with van der Waals surface area (Å²) in [5.74, 6) is 0.824. The molecular formula is C24H34N2O2. The minimum Gasteiger partial charge on any atom is -0.491 e. The molecule has 0 amide bonds. The highest BCUT2D eigenvalue weighted by Gasteiger charge is 2.14. The standard InChI is InChI=1S/C24H34N2O2/c1-20-8-6-9-21(14-20)16-25-17-22-10-7-11-24(15-22)28-19-23(27)18-26-12-4-2-3-5-13-26/h6-11,14-15,23,25,27H,2-5,12-13,16-19H2,1H3/t23-/m0/s1. The summed E-state index contributed by atoms with van der Waals surface area (Å²) in [7, 11) is 0. The maximum Gasteiger partial charge on any atom is 0.119 e. The van der Waals surface area contributed by atoms with Gasteiger partial charge in [-0.3, -0.25) is 0 Å². The van der Waals surface area contributed by atoms with Crippen molar-refractivity contribution in [2.75, 3.05) is 26.2 Å². The Labute approximate surface area is 169 Å². The first-order valence-corrected chi connectivity index (χ1v) is 10.6. The highest BCUT2D eigenvalue weighted by atomic mass is 16.5. The Morgan fingerprint density at radius 2 is 1.64 bits per heavy atom. The van der Waals surface area contributed by atoms with Crippen LogP contribution in [-0.2, 0) is 13.1 Å². The zero-order valence-corrected chi connectivity index (χ0v) is 17.1. The van der Waals surface area contributed by atoms with E-state index in [4.69, 9.17) is 4.74 Å². The number of benzene rings is 2. The molecule has 0 radical (unpaired) electrons. The molecule has 1 heterocycles. The second-order valence-electron chi connectivity index (χ2n) is 7.92. The highest BCUT2D eigenvalue weighted by molar-refractivity contribution is 5.28. The summed E-state index contributed by atoms with van der Waals surface area (Å²) in [5, 5.41) is 13.8. The van der Waals surface area contributed by atoms with Gasteiger partial charge in [0.25, 0.3) is 0 Å². The summed E-state index contributed by atoms with van der Waals surface area (Å²) in [5.41, 5.74) is 3.77. The maximum absolute atomic E-state index is 10.3. The number of nitrogens with one attached hydrogen (secondary N) is 1. The lowest BCUT2D eigenvalue weighted by molar-refractivity contribution is 0.0693. The van der Waals surface area contributed by atoms with Crippen molar-refractivity contribution in [1.29, 1.82) is 0 Å². The fraction of sp³-hybridized carbons (Fsp3) is 0.500. The largest absolute Gasteiger partial charge is 0.491 e. The Kier molecular flexibility index (Phi) is 8.34. The molecule has 1 atom stereocenters. The number of aliphatic hydroxyl groups is 1. The van der Waals surface area contributed by atoms with Gasteiger partial charge < -0.3 is 20.1 Å². The molecule has 1 saturated heterocycles. The van der Waals surface area contributed by atoms with Crippen LogP contribution < -0.4 is 10.1 Å². The number of aryl methyl sites for hydroxylation is 1. The van der Waals surface area contributed by atoms with Crippen molar-refractivity contribution < 1.29 is 9.84 Å². The lowest BCUT2D eigenvalue weighted by Gasteiger charge is -2.23. The molecule has 1 fully saturated rings. The molecule has 2 aromatic carbocycles. The van der Waals surface area contributed by atoms with Gasteiger partial charge in [0.15, 0.2) is 0 Å². The van der Waals surface area contributed by atoms with Gasteiger partial charge in [0.1, 0.15) is 18.5 Å². The average molecular weight is 383 g/mol. The number of β-amino-alcohol motifs (C(OH)–C–C–N with tert-alkyl or cyclic N) is 1. The second-order valence-corrected chi connectivity index (χ2v) is 7.92. The number of likely N-dealkylation sites (tertiary alicyclic amines) is 1. The Bertz CT molecular complexity index is 711. The third kappa shape index (κ3) is 7.27. The Morgan fingerprint density at radius 1 is 0.964 bits per heavy atom. The molecule has 0 spiro atoms. The smallest absolute Gasteiger partial charge is 0.119 e. The summed E-state index contributed by atoms with van der Waals surface area (Å²) < 4.78 is 5.86. The van der Waals surface area contributed by atoms with Crippen molar-refractivity contribution in [3.63, 3.8) is 0 Å². The van der Waals surface area contributed by atoms with E-state index in [-0.39, 0.29) is 0 Å². The number of ether oxygens (including phenoxy) is 1. The Morgan fingerprint density at radius 3 is 2.36 bits per heavy atom. The number of aliphatic hydroxyl groups excluding tert-OH is 1. The van der Waals surface area contributed by atoms with E-state index >= 15 is 0 Å². The molecule has 0 unspecified atom stereocenters. The van der Waals surface area contributed by atoms with Crippen LogP contribution in [0.2, 0.25) is 0 Å². The Balaban J connectivity index is 1.41. The minimum absolute atomic E-state index is 0.344. The van der Waals surface area contributed by atoms with E-state index in [1.807, 2.05) is 12.1 Å². The fourth-order valence-corrected chi connectivity index (χ4v) is 3.78. The predicted octanol–water partition coefficient (Wildman–Crippen LogP) is 3.90. The molecule has 4 heteroatoms. The third-order valence-electron chi connectivity index (χ3n) is 5.25. The molecular weight excluding hydrogens is 348 g/mol. The summed E-state index contributed by atoms with van der Waals surface area (Å²) in [4.78, 5) is 2.37. The molecule has 1 aliphatic rings. The molecule has 0 aliphatic carbocycles. The lowest BCUT2D eigenvalue weighted by atomic mass is 10.1. The number of hydrogen-bond acceptors (Lipinski definition) is 4. The van der Waals surface area contributed by atoms with Crippen LogP contribution in [0.4, 0.5) is 0 Å². The molecule has 2 aromatic rings. The van der Waals surface area contributed by atoms with Crippen LogP contribution in [0, 0.1) is 6.92 Å². The maximum atomic E-state index is 10.3. The van der Waals surface area contributed by atoms with Crippen molar-refractivity contribution in [2.45, 2.75) is 51.8 Å². The van der Waals surface area contributed by atoms with E-state index in [0.29, 0.717) is 13.2 Å². The monoisotopic (exact) mass is 382 g/mol. The van der Waals surface area contributed by atoms with E-state index in [1.54, 1.807) is 0 Å². The first kappa shape index (κ1) is 20.8. The molecule has 4 nitrogen and oxygen atoms in total. The summed E-state index contributed by atoms with van der Waals surface area (Å²) in [6.07, 6.45) is 4.67. The van der Waals surface area contributed by atoms with Crippen molar-refractivity contribution >= 4 is 0 Å². The van der Waals surface area contributed by atoms with Crippen molar-refractivity contribution in [2.24, 2.45) is 0 Å². The predicted molar refractivity (Wildman–Crippen MR) is 115 cm³/mol. The van der Waals surface area contributed by atoms with Crippen LogP contribution in [0.5, 0.6) is 5.75 Å². The van der Waals surface area contributed by atoms with Gasteiger partial charge in [-0.15, -0.1) is 0 Å². The number of rotatable bonds is 9. The van der Waals surface area contributed by atoms with Gasteiger partial charge in [-0.2, -0.15) is 0 Å². The highest BCUT2D eigenvalue weighted by Crippen LogP contribution is 2.15. The van der Waals surface area contributed by atoms with Crippen LogP contribution in [0.15, 0.2) is 48.5 Å². The summed E-state index contributed by atoms with van der Waals surface area (Å²) >= 11 is 0. The van der Waals surface area contributed by atoms with Gasteiger partial charge in [-0.1, -0.05) is 54.8 Å². The molecule has 2 N–H and O–H groups in total. The second kappa shape index (κ2) is 11.2. The van der Waals surface area contributed by atoms with Crippen LogP contribution in [0.3, 0.4) is 0 Å². The minimum atomic E-state index is -0.443. The normalized spacial score (nSPS) is 16.5. The molecule has 1 aliphatic heterocycles. The topological polar surface area (TPSA) is 44.7 Å². The summed E-state index contributed by atoms with van der Waals surface area (Å²) in [6, 6.07) is 16.7. The van der Waals surface area contributed by atoms with E-state index in [0.717, 1.165) is 31.9 Å². The third-order valence-corrected chi connectivity index (χ3v) is 5.25. The van der Waals surface area contributed by atoms with Gasteiger partial charge in [0.05, 0.1) is 0 Å². The Hall–Kier alpha value is -1.88. The van der Waals surface area contributed by atoms with Crippen LogP contribution >= 0.6 is 0 Å². The first-order chi connectivity index (χ1) is 13.7. The lowest BCUT2D eigenvalue weighted by Crippen LogP contribution is -2.36. The first-order valence-electron chi connectivity index (χ1n) is 10.6. The molecule has 3 rings (SSSR count). The quantitative estimate of drug-likeness (QED) is 0.690. The molecule has 152 valence electrons. The van der Waals surface area contributed by atoms with Crippen LogP contribution in [0.1, 0.15) is 42.4 Å². The zero-order valence-electron chi connectivity index (χ0n) is 17.1. The summed E-state index contributed by atoms with van der Waals surface area (Å²) in [6.45, 7) is 7.00. The van der Waals surface area contributed by atoms with E-state index in [9.17, 15) is 5.11 Å². The van der Waals surface area contributed by atoms with Crippen LogP contribution in [0.25, 0.3) is 0 Å². The van der Waals surface area contributed by atoms with Gasteiger partial charge in [-0.25, -0.2) is 0 Å². The zero-order chi connectivity index (χ0) is 19.6. The van der Waals surface area contributed by atoms with Crippen LogP contribution in [-0.4, -0.2) is 42.4 Å². The van der Waals surface area contributed by atoms with Gasteiger partial charge in [0.2, 0.25) is 0 Å². The fourth-order valence-electron chi connectivity index (χ4n) is 3.78. The van der Waals surface area contributed by atoms with Crippen molar-refractivity contribution in [1.82, 2.24) is 10.2 Å². The van der Waals surface area contributed by atoms with E-state index < -0.39 is 6.10 Å². The SMILES string of the molecule is Cc1cccc(CNCc2cccc(OC[C@@H](O)CN3CCCCCC3)c2)c1. The molecule has 28 heavy (non-hydrogen) atoms. The van der Waals surface area contributed by atoms with Gasteiger partial charge in [0, 0.05) is 19.6 Å². The van der Waals surface area contributed by atoms with Crippen molar-refractivity contribution in [3.8, 4) is 5.75 Å². The van der Waals surface area contributed by atoms with E-state index in [2.05, 4.69) is 53.5 Å². The molecule has 0 saturated carbocycles.